The van der Waals surface area contributed by atoms with E-state index < -0.39 is 5.60 Å². The summed E-state index contributed by atoms with van der Waals surface area (Å²) in [5.74, 6) is 1.62. The average Bonchev–Trinajstić information content (AvgIpc) is 3.02. The molecule has 3 rings (SSSR count). The Balaban J connectivity index is 1.54. The van der Waals surface area contributed by atoms with Gasteiger partial charge in [-0.1, -0.05) is 42.5 Å². The van der Waals surface area contributed by atoms with Crippen LogP contribution in [0.1, 0.15) is 6.42 Å². The zero-order valence-electron chi connectivity index (χ0n) is 12.8. The van der Waals surface area contributed by atoms with Gasteiger partial charge in [0.25, 0.3) is 0 Å². The number of carbonyl (C=O) groups is 1. The van der Waals surface area contributed by atoms with E-state index in [-0.39, 0.29) is 12.6 Å². The van der Waals surface area contributed by atoms with Crippen LogP contribution in [0.15, 0.2) is 54.6 Å². The fourth-order valence-corrected chi connectivity index (χ4v) is 3.83. The topological polar surface area (TPSA) is 61.4 Å². The van der Waals surface area contributed by atoms with Gasteiger partial charge in [-0.25, -0.2) is 4.79 Å². The molecule has 5 heteroatoms. The highest BCUT2D eigenvalue weighted by molar-refractivity contribution is 7.99. The zero-order valence-corrected chi connectivity index (χ0v) is 13.6. The van der Waals surface area contributed by atoms with Gasteiger partial charge in [-0.3, -0.25) is 0 Å². The van der Waals surface area contributed by atoms with E-state index >= 15 is 0 Å². The van der Waals surface area contributed by atoms with Crippen LogP contribution in [0.3, 0.4) is 0 Å². The van der Waals surface area contributed by atoms with Gasteiger partial charge in [0.15, 0.2) is 0 Å². The summed E-state index contributed by atoms with van der Waals surface area (Å²) in [7, 11) is 0. The van der Waals surface area contributed by atoms with Crippen LogP contribution in [0, 0.1) is 0 Å². The number of anilines is 1. The largest absolute Gasteiger partial charge is 0.387 e. The Bertz CT molecular complexity index is 652. The van der Waals surface area contributed by atoms with Crippen molar-refractivity contribution in [1.82, 2.24) is 5.32 Å². The van der Waals surface area contributed by atoms with Gasteiger partial charge in [-0.2, -0.15) is 11.8 Å². The number of urea groups is 1. The number of benzene rings is 2. The highest BCUT2D eigenvalue weighted by Gasteiger charge is 2.31. The van der Waals surface area contributed by atoms with E-state index in [0.717, 1.165) is 29.0 Å². The molecule has 0 radical (unpaired) electrons. The molecular formula is C18H20N2O2S. The summed E-state index contributed by atoms with van der Waals surface area (Å²) >= 11 is 1.71. The molecular weight excluding hydrogens is 308 g/mol. The minimum Gasteiger partial charge on any atom is -0.387 e. The maximum atomic E-state index is 11.9. The summed E-state index contributed by atoms with van der Waals surface area (Å²) in [6, 6.07) is 17.5. The Morgan fingerprint density at radius 3 is 2.43 bits per heavy atom. The third kappa shape index (κ3) is 4.27. The van der Waals surface area contributed by atoms with Gasteiger partial charge in [0.2, 0.25) is 0 Å². The summed E-state index contributed by atoms with van der Waals surface area (Å²) in [4.78, 5) is 11.9. The van der Waals surface area contributed by atoms with Crippen molar-refractivity contribution in [1.29, 1.82) is 0 Å². The predicted molar refractivity (Wildman–Crippen MR) is 95.8 cm³/mol. The lowest BCUT2D eigenvalue weighted by Gasteiger charge is -2.21. The summed E-state index contributed by atoms with van der Waals surface area (Å²) in [5.41, 5.74) is 2.22. The molecule has 0 bridgehead atoms. The van der Waals surface area contributed by atoms with Gasteiger partial charge >= 0.3 is 6.03 Å². The van der Waals surface area contributed by atoms with E-state index in [1.165, 1.54) is 0 Å². The number of amides is 2. The smallest absolute Gasteiger partial charge is 0.319 e. The van der Waals surface area contributed by atoms with Crippen LogP contribution in [-0.2, 0) is 0 Å². The van der Waals surface area contributed by atoms with E-state index in [1.54, 1.807) is 11.8 Å². The molecule has 1 aliphatic heterocycles. The first kappa shape index (κ1) is 15.9. The first-order chi connectivity index (χ1) is 11.1. The van der Waals surface area contributed by atoms with Crippen molar-refractivity contribution < 1.29 is 9.90 Å². The molecule has 4 nitrogen and oxygen atoms in total. The van der Waals surface area contributed by atoms with Gasteiger partial charge in [0, 0.05) is 18.0 Å². The Kier molecular flexibility index (Phi) is 4.88. The monoisotopic (exact) mass is 328 g/mol. The van der Waals surface area contributed by atoms with Crippen molar-refractivity contribution in [2.24, 2.45) is 0 Å². The Labute approximate surface area is 140 Å². The average molecular weight is 328 g/mol. The summed E-state index contributed by atoms with van der Waals surface area (Å²) < 4.78 is 0. The molecule has 2 aromatic carbocycles. The Morgan fingerprint density at radius 2 is 1.78 bits per heavy atom. The SMILES string of the molecule is O=C(NCC1(O)CCSC1)Nc1ccc(-c2ccccc2)cc1. The van der Waals surface area contributed by atoms with Gasteiger partial charge in [-0.05, 0) is 35.4 Å². The first-order valence-corrected chi connectivity index (χ1v) is 8.81. The molecule has 0 spiro atoms. The van der Waals surface area contributed by atoms with Crippen molar-refractivity contribution in [3.05, 3.63) is 54.6 Å². The van der Waals surface area contributed by atoms with Gasteiger partial charge < -0.3 is 15.7 Å². The van der Waals surface area contributed by atoms with Crippen LogP contribution < -0.4 is 10.6 Å². The highest BCUT2D eigenvalue weighted by atomic mass is 32.2. The lowest BCUT2D eigenvalue weighted by Crippen LogP contribution is -2.44. The van der Waals surface area contributed by atoms with E-state index in [9.17, 15) is 9.90 Å². The van der Waals surface area contributed by atoms with Crippen molar-refractivity contribution in [2.75, 3.05) is 23.4 Å². The number of rotatable bonds is 4. The second-order valence-corrected chi connectivity index (χ2v) is 6.88. The first-order valence-electron chi connectivity index (χ1n) is 7.65. The van der Waals surface area contributed by atoms with Crippen LogP contribution in [0.25, 0.3) is 11.1 Å². The zero-order chi connectivity index (χ0) is 16.1. The number of hydrogen-bond donors (Lipinski definition) is 3. The molecule has 0 aromatic heterocycles. The quantitative estimate of drug-likeness (QED) is 0.807. The predicted octanol–water partition coefficient (Wildman–Crippen LogP) is 3.34. The van der Waals surface area contributed by atoms with E-state index in [0.29, 0.717) is 5.75 Å². The number of thioether (sulfide) groups is 1. The molecule has 1 unspecified atom stereocenters. The molecule has 2 amide bonds. The molecule has 1 heterocycles. The highest BCUT2D eigenvalue weighted by Crippen LogP contribution is 2.27. The molecule has 23 heavy (non-hydrogen) atoms. The number of carbonyl (C=O) groups excluding carboxylic acids is 1. The van der Waals surface area contributed by atoms with Crippen LogP contribution in [0.5, 0.6) is 0 Å². The number of aliphatic hydroxyl groups is 1. The maximum absolute atomic E-state index is 11.9. The summed E-state index contributed by atoms with van der Waals surface area (Å²) in [6.07, 6.45) is 0.726. The normalized spacial score (nSPS) is 20.2. The molecule has 0 aliphatic carbocycles. The molecule has 1 saturated heterocycles. The van der Waals surface area contributed by atoms with Gasteiger partial charge in [0.1, 0.15) is 0 Å². The fourth-order valence-electron chi connectivity index (χ4n) is 2.53. The van der Waals surface area contributed by atoms with Crippen LogP contribution in [0.2, 0.25) is 0 Å². The molecule has 1 aliphatic rings. The van der Waals surface area contributed by atoms with E-state index in [2.05, 4.69) is 22.8 Å². The third-order valence-corrected chi connectivity index (χ3v) is 5.14. The third-order valence-electron chi connectivity index (χ3n) is 3.91. The van der Waals surface area contributed by atoms with Crippen LogP contribution in [0.4, 0.5) is 10.5 Å². The molecule has 3 N–H and O–H groups in total. The van der Waals surface area contributed by atoms with Crippen molar-refractivity contribution >= 4 is 23.5 Å². The summed E-state index contributed by atoms with van der Waals surface area (Å²) in [5, 5.41) is 15.7. The molecule has 1 atom stereocenters. The van der Waals surface area contributed by atoms with Crippen molar-refractivity contribution in [2.45, 2.75) is 12.0 Å². The van der Waals surface area contributed by atoms with Gasteiger partial charge in [-0.15, -0.1) is 0 Å². The Morgan fingerprint density at radius 1 is 1.09 bits per heavy atom. The summed E-state index contributed by atoms with van der Waals surface area (Å²) in [6.45, 7) is 0.286. The van der Waals surface area contributed by atoms with Crippen molar-refractivity contribution in [3.8, 4) is 11.1 Å². The minimum absolute atomic E-state index is 0.286. The molecule has 0 saturated carbocycles. The lowest BCUT2D eigenvalue weighted by atomic mass is 10.0. The van der Waals surface area contributed by atoms with Gasteiger partial charge in [0.05, 0.1) is 5.60 Å². The fraction of sp³-hybridized carbons (Fsp3) is 0.278. The van der Waals surface area contributed by atoms with Crippen molar-refractivity contribution in [3.63, 3.8) is 0 Å². The molecule has 1 fully saturated rings. The Hall–Kier alpha value is -1.98. The van der Waals surface area contributed by atoms with Crippen LogP contribution >= 0.6 is 11.8 Å². The minimum atomic E-state index is -0.765. The van der Waals surface area contributed by atoms with Crippen LogP contribution in [-0.4, -0.2) is 34.8 Å². The number of hydrogen-bond acceptors (Lipinski definition) is 3. The number of nitrogens with one attached hydrogen (secondary N) is 2. The molecule has 120 valence electrons. The maximum Gasteiger partial charge on any atom is 0.319 e. The van der Waals surface area contributed by atoms with E-state index in [4.69, 9.17) is 0 Å². The second-order valence-electron chi connectivity index (χ2n) is 5.78. The second kappa shape index (κ2) is 7.06. The van der Waals surface area contributed by atoms with E-state index in [1.807, 2.05) is 42.5 Å². The lowest BCUT2D eigenvalue weighted by molar-refractivity contribution is 0.0706. The molecule has 2 aromatic rings. The standard InChI is InChI=1S/C18H20N2O2S/c21-17(19-12-18(22)10-11-23-13-18)20-16-8-6-15(7-9-16)14-4-2-1-3-5-14/h1-9,22H,10-13H2,(H2,19,20,21).